The molecule has 0 saturated carbocycles. The average Bonchev–Trinajstić information content (AvgIpc) is 2.81. The normalized spacial score (nSPS) is 20.0. The molecule has 1 heterocycles. The molecule has 19 heavy (non-hydrogen) atoms. The highest BCUT2D eigenvalue weighted by molar-refractivity contribution is 5.88. The van der Waals surface area contributed by atoms with E-state index in [0.717, 1.165) is 11.3 Å². The number of benzene rings is 1. The van der Waals surface area contributed by atoms with Gasteiger partial charge in [0.1, 0.15) is 6.04 Å². The lowest BCUT2D eigenvalue weighted by molar-refractivity contribution is -0.142. The van der Waals surface area contributed by atoms with E-state index in [9.17, 15) is 9.59 Å². The highest BCUT2D eigenvalue weighted by Crippen LogP contribution is 2.25. The van der Waals surface area contributed by atoms with Crippen molar-refractivity contribution in [2.75, 3.05) is 5.32 Å². The first-order chi connectivity index (χ1) is 8.99. The van der Waals surface area contributed by atoms with Crippen LogP contribution < -0.4 is 10.6 Å². The molecule has 1 aliphatic rings. The van der Waals surface area contributed by atoms with Crippen molar-refractivity contribution in [2.24, 2.45) is 5.92 Å². The molecule has 102 valence electrons. The van der Waals surface area contributed by atoms with E-state index in [1.165, 1.54) is 0 Å². The predicted octanol–water partition coefficient (Wildman–Crippen LogP) is 1.25. The van der Waals surface area contributed by atoms with Crippen LogP contribution in [0.4, 0.5) is 5.69 Å². The van der Waals surface area contributed by atoms with E-state index in [-0.39, 0.29) is 11.9 Å². The van der Waals surface area contributed by atoms with Crippen LogP contribution in [0.2, 0.25) is 0 Å². The van der Waals surface area contributed by atoms with E-state index in [4.69, 9.17) is 5.11 Å². The number of carboxylic acids is 1. The molecule has 0 saturated heterocycles. The fraction of sp³-hybridized carbons (Fsp3) is 0.429. The van der Waals surface area contributed by atoms with Crippen molar-refractivity contribution in [1.82, 2.24) is 5.32 Å². The van der Waals surface area contributed by atoms with Gasteiger partial charge in [0.2, 0.25) is 5.91 Å². The maximum atomic E-state index is 12.1. The van der Waals surface area contributed by atoms with Crippen LogP contribution in [-0.4, -0.2) is 29.1 Å². The third kappa shape index (κ3) is 2.86. The molecule has 1 amide bonds. The number of carbonyl (C=O) groups excluding carboxylic acids is 1. The standard InChI is InChI=1S/C14H18N2O3/c1-8(14(18)19)9(2)15-13(17)12-7-10-5-3-4-6-11(10)16-12/h3-6,8-9,12,16H,7H2,1-2H3,(H,15,17)(H,18,19)/t8?,9?,12-/m0/s1. The highest BCUT2D eigenvalue weighted by Gasteiger charge is 2.29. The third-order valence-electron chi connectivity index (χ3n) is 3.60. The molecule has 0 aromatic heterocycles. The minimum absolute atomic E-state index is 0.156. The first kappa shape index (κ1) is 13.4. The number of hydrogen-bond donors (Lipinski definition) is 3. The van der Waals surface area contributed by atoms with Gasteiger partial charge in [-0.3, -0.25) is 9.59 Å². The summed E-state index contributed by atoms with van der Waals surface area (Å²) < 4.78 is 0. The number of carbonyl (C=O) groups is 2. The first-order valence-corrected chi connectivity index (χ1v) is 6.36. The van der Waals surface area contributed by atoms with Crippen molar-refractivity contribution in [3.8, 4) is 0 Å². The van der Waals surface area contributed by atoms with Crippen molar-refractivity contribution < 1.29 is 14.7 Å². The summed E-state index contributed by atoms with van der Waals surface area (Å²) in [6.07, 6.45) is 0.635. The van der Waals surface area contributed by atoms with Crippen molar-refractivity contribution in [3.63, 3.8) is 0 Å². The Kier molecular flexibility index (Phi) is 3.74. The maximum Gasteiger partial charge on any atom is 0.308 e. The second-order valence-electron chi connectivity index (χ2n) is 4.98. The summed E-state index contributed by atoms with van der Waals surface area (Å²) in [5.41, 5.74) is 2.09. The smallest absolute Gasteiger partial charge is 0.308 e. The molecule has 3 atom stereocenters. The summed E-state index contributed by atoms with van der Waals surface area (Å²) in [7, 11) is 0. The van der Waals surface area contributed by atoms with Gasteiger partial charge in [-0.25, -0.2) is 0 Å². The zero-order valence-corrected chi connectivity index (χ0v) is 11.0. The van der Waals surface area contributed by atoms with Crippen molar-refractivity contribution in [3.05, 3.63) is 29.8 Å². The predicted molar refractivity (Wildman–Crippen MR) is 72.0 cm³/mol. The average molecular weight is 262 g/mol. The van der Waals surface area contributed by atoms with Gasteiger partial charge < -0.3 is 15.7 Å². The number of hydrogen-bond acceptors (Lipinski definition) is 3. The molecule has 2 unspecified atom stereocenters. The van der Waals surface area contributed by atoms with Crippen LogP contribution in [0.5, 0.6) is 0 Å². The number of fused-ring (bicyclic) bond motifs is 1. The van der Waals surface area contributed by atoms with Gasteiger partial charge in [-0.15, -0.1) is 0 Å². The molecule has 5 nitrogen and oxygen atoms in total. The quantitative estimate of drug-likeness (QED) is 0.763. The summed E-state index contributed by atoms with van der Waals surface area (Å²) in [4.78, 5) is 22.9. The summed E-state index contributed by atoms with van der Waals surface area (Å²) in [5, 5.41) is 14.8. The summed E-state index contributed by atoms with van der Waals surface area (Å²) in [6, 6.07) is 7.07. The number of nitrogens with one attached hydrogen (secondary N) is 2. The second-order valence-corrected chi connectivity index (χ2v) is 4.98. The Morgan fingerprint density at radius 2 is 2.05 bits per heavy atom. The molecule has 1 aromatic carbocycles. The van der Waals surface area contributed by atoms with Crippen LogP contribution in [-0.2, 0) is 16.0 Å². The number of rotatable bonds is 4. The Morgan fingerprint density at radius 1 is 1.37 bits per heavy atom. The maximum absolute atomic E-state index is 12.1. The number of carboxylic acid groups (broad SMARTS) is 1. The number of aliphatic carboxylic acids is 1. The van der Waals surface area contributed by atoms with Gasteiger partial charge in [-0.05, 0) is 25.5 Å². The molecule has 0 bridgehead atoms. The Balaban J connectivity index is 1.95. The van der Waals surface area contributed by atoms with Crippen LogP contribution in [0.1, 0.15) is 19.4 Å². The minimum atomic E-state index is -0.907. The Labute approximate surface area is 112 Å². The van der Waals surface area contributed by atoms with E-state index in [1.54, 1.807) is 13.8 Å². The zero-order chi connectivity index (χ0) is 14.0. The van der Waals surface area contributed by atoms with Crippen molar-refractivity contribution in [1.29, 1.82) is 0 Å². The van der Waals surface area contributed by atoms with Gasteiger partial charge in [-0.2, -0.15) is 0 Å². The number of para-hydroxylation sites is 1. The molecular formula is C14H18N2O3. The van der Waals surface area contributed by atoms with Crippen molar-refractivity contribution >= 4 is 17.6 Å². The van der Waals surface area contributed by atoms with Gasteiger partial charge in [0, 0.05) is 18.2 Å². The topological polar surface area (TPSA) is 78.4 Å². The van der Waals surface area contributed by atoms with Crippen LogP contribution in [0, 0.1) is 5.92 Å². The summed E-state index contributed by atoms with van der Waals surface area (Å²) >= 11 is 0. The van der Waals surface area contributed by atoms with Gasteiger partial charge in [0.05, 0.1) is 5.92 Å². The lowest BCUT2D eigenvalue weighted by atomic mass is 10.0. The molecule has 0 fully saturated rings. The number of amides is 1. The van der Waals surface area contributed by atoms with E-state index >= 15 is 0 Å². The summed E-state index contributed by atoms with van der Waals surface area (Å²) in [6.45, 7) is 3.29. The van der Waals surface area contributed by atoms with E-state index in [0.29, 0.717) is 6.42 Å². The van der Waals surface area contributed by atoms with Crippen LogP contribution in [0.15, 0.2) is 24.3 Å². The SMILES string of the molecule is CC(NC(=O)[C@@H]1Cc2ccccc2N1)C(C)C(=O)O. The van der Waals surface area contributed by atoms with E-state index in [1.807, 2.05) is 24.3 Å². The van der Waals surface area contributed by atoms with Gasteiger partial charge >= 0.3 is 5.97 Å². The monoisotopic (exact) mass is 262 g/mol. The van der Waals surface area contributed by atoms with Crippen LogP contribution in [0.25, 0.3) is 0 Å². The molecule has 3 N–H and O–H groups in total. The van der Waals surface area contributed by atoms with Crippen LogP contribution >= 0.6 is 0 Å². The van der Waals surface area contributed by atoms with E-state index < -0.39 is 17.9 Å². The Bertz CT molecular complexity index is 476. The fourth-order valence-corrected chi connectivity index (χ4v) is 2.12. The minimum Gasteiger partial charge on any atom is -0.481 e. The molecular weight excluding hydrogens is 244 g/mol. The summed E-state index contributed by atoms with van der Waals surface area (Å²) in [5.74, 6) is -1.67. The Hall–Kier alpha value is -2.04. The molecule has 0 spiro atoms. The fourth-order valence-electron chi connectivity index (χ4n) is 2.12. The number of anilines is 1. The lowest BCUT2D eigenvalue weighted by Crippen LogP contribution is -2.46. The zero-order valence-electron chi connectivity index (χ0n) is 11.0. The molecule has 1 aliphatic heterocycles. The molecule has 5 heteroatoms. The van der Waals surface area contributed by atoms with Crippen LogP contribution in [0.3, 0.4) is 0 Å². The molecule has 1 aromatic rings. The van der Waals surface area contributed by atoms with Gasteiger partial charge in [0.15, 0.2) is 0 Å². The molecule has 0 aliphatic carbocycles. The molecule has 0 radical (unpaired) electrons. The van der Waals surface area contributed by atoms with Crippen molar-refractivity contribution in [2.45, 2.75) is 32.4 Å². The van der Waals surface area contributed by atoms with Gasteiger partial charge in [0.25, 0.3) is 0 Å². The molecule has 2 rings (SSSR count). The third-order valence-corrected chi connectivity index (χ3v) is 3.60. The largest absolute Gasteiger partial charge is 0.481 e. The van der Waals surface area contributed by atoms with Gasteiger partial charge in [-0.1, -0.05) is 18.2 Å². The highest BCUT2D eigenvalue weighted by atomic mass is 16.4. The lowest BCUT2D eigenvalue weighted by Gasteiger charge is -2.20. The Morgan fingerprint density at radius 3 is 2.68 bits per heavy atom. The first-order valence-electron chi connectivity index (χ1n) is 6.36. The van der Waals surface area contributed by atoms with E-state index in [2.05, 4.69) is 10.6 Å². The second kappa shape index (κ2) is 5.30.